The van der Waals surface area contributed by atoms with Crippen molar-refractivity contribution < 1.29 is 18.3 Å². The Morgan fingerprint density at radius 3 is 2.13 bits per heavy atom. The lowest BCUT2D eigenvalue weighted by Gasteiger charge is -2.42. The van der Waals surface area contributed by atoms with E-state index < -0.39 is 10.0 Å². The Kier molecular flexibility index (Phi) is 7.65. The van der Waals surface area contributed by atoms with Crippen LogP contribution in [0.1, 0.15) is 43.4 Å². The summed E-state index contributed by atoms with van der Waals surface area (Å²) in [5, 5.41) is 9.97. The number of phenolic OH excluding ortho intramolecular Hbond substituents is 1. The fourth-order valence-corrected chi connectivity index (χ4v) is 5.98. The molecule has 2 aliphatic heterocycles. The van der Waals surface area contributed by atoms with E-state index in [9.17, 15) is 18.3 Å². The van der Waals surface area contributed by atoms with E-state index in [0.29, 0.717) is 31.3 Å². The predicted molar refractivity (Wildman–Crippen MR) is 123 cm³/mol. The average Bonchev–Trinajstić information content (AvgIpc) is 2.77. The van der Waals surface area contributed by atoms with Crippen LogP contribution in [0.25, 0.3) is 0 Å². The molecule has 31 heavy (non-hydrogen) atoms. The zero-order valence-corrected chi connectivity index (χ0v) is 20.1. The summed E-state index contributed by atoms with van der Waals surface area (Å²) in [4.78, 5) is 17.4. The summed E-state index contributed by atoms with van der Waals surface area (Å²) in [5.74, 6) is 0.593. The highest BCUT2D eigenvalue weighted by Gasteiger charge is 2.32. The molecular weight excluding hydrogens is 414 g/mol. The van der Waals surface area contributed by atoms with Gasteiger partial charge in [0.15, 0.2) is 0 Å². The Morgan fingerprint density at radius 2 is 1.61 bits per heavy atom. The number of hydrogen-bond donors (Lipinski definition) is 1. The molecule has 2 fully saturated rings. The second-order valence-electron chi connectivity index (χ2n) is 9.08. The number of aromatic hydroxyl groups is 1. The molecule has 8 heteroatoms. The van der Waals surface area contributed by atoms with E-state index in [4.69, 9.17) is 0 Å². The maximum absolute atomic E-state index is 13.0. The van der Waals surface area contributed by atoms with Gasteiger partial charge in [-0.25, -0.2) is 8.42 Å². The third-order valence-corrected chi connectivity index (χ3v) is 8.72. The fraction of sp³-hybridized carbons (Fsp3) is 0.696. The van der Waals surface area contributed by atoms with Gasteiger partial charge in [0.25, 0.3) is 0 Å². The van der Waals surface area contributed by atoms with Gasteiger partial charge in [-0.05, 0) is 56.7 Å². The SMILES string of the molecule is CCS(=O)(=O)N1CCN(C2CCN(C(=O)[C@H](C)Cc3cc(C)c(O)c(C)c3)CC2)CC1. The normalized spacial score (nSPS) is 20.7. The first-order valence-electron chi connectivity index (χ1n) is 11.4. The lowest BCUT2D eigenvalue weighted by Crippen LogP contribution is -2.55. The highest BCUT2D eigenvalue weighted by atomic mass is 32.2. The third kappa shape index (κ3) is 5.59. The van der Waals surface area contributed by atoms with Crippen molar-refractivity contribution in [1.82, 2.24) is 14.1 Å². The molecule has 0 aromatic heterocycles. The molecule has 3 rings (SSSR count). The number of hydrogen-bond acceptors (Lipinski definition) is 5. The maximum Gasteiger partial charge on any atom is 0.225 e. The van der Waals surface area contributed by atoms with E-state index in [0.717, 1.165) is 55.7 Å². The van der Waals surface area contributed by atoms with Crippen LogP contribution in [0.5, 0.6) is 5.75 Å². The first-order chi connectivity index (χ1) is 14.6. The van der Waals surface area contributed by atoms with Crippen molar-refractivity contribution in [2.75, 3.05) is 45.0 Å². The van der Waals surface area contributed by atoms with Crippen LogP contribution in [0.2, 0.25) is 0 Å². The molecule has 0 unspecified atom stereocenters. The molecule has 0 spiro atoms. The van der Waals surface area contributed by atoms with Gasteiger partial charge in [-0.2, -0.15) is 4.31 Å². The molecule has 2 aliphatic rings. The molecule has 0 bridgehead atoms. The van der Waals surface area contributed by atoms with Crippen molar-refractivity contribution >= 4 is 15.9 Å². The minimum Gasteiger partial charge on any atom is -0.507 e. The van der Waals surface area contributed by atoms with E-state index in [-0.39, 0.29) is 17.6 Å². The number of amides is 1. The van der Waals surface area contributed by atoms with Gasteiger partial charge < -0.3 is 10.0 Å². The maximum atomic E-state index is 13.0. The van der Waals surface area contributed by atoms with Gasteiger partial charge in [-0.3, -0.25) is 9.69 Å². The average molecular weight is 452 g/mol. The van der Waals surface area contributed by atoms with E-state index in [1.165, 1.54) is 0 Å². The molecular formula is C23H37N3O4S. The number of rotatable bonds is 6. The Morgan fingerprint density at radius 1 is 1.06 bits per heavy atom. The van der Waals surface area contributed by atoms with Crippen molar-refractivity contribution in [1.29, 1.82) is 0 Å². The van der Waals surface area contributed by atoms with E-state index in [1.807, 2.05) is 37.8 Å². The van der Waals surface area contributed by atoms with Gasteiger partial charge >= 0.3 is 0 Å². The van der Waals surface area contributed by atoms with Crippen molar-refractivity contribution in [2.45, 2.75) is 53.0 Å². The third-order valence-electron chi connectivity index (χ3n) is 6.84. The minimum absolute atomic E-state index is 0.0947. The van der Waals surface area contributed by atoms with E-state index in [1.54, 1.807) is 11.2 Å². The van der Waals surface area contributed by atoms with E-state index >= 15 is 0 Å². The highest BCUT2D eigenvalue weighted by molar-refractivity contribution is 7.89. The number of likely N-dealkylation sites (tertiary alicyclic amines) is 1. The van der Waals surface area contributed by atoms with Gasteiger partial charge in [-0.1, -0.05) is 19.1 Å². The van der Waals surface area contributed by atoms with Gasteiger partial charge in [-0.15, -0.1) is 0 Å². The predicted octanol–water partition coefficient (Wildman–Crippen LogP) is 2.15. The Bertz CT molecular complexity index is 863. The summed E-state index contributed by atoms with van der Waals surface area (Å²) in [5.41, 5.74) is 2.79. The van der Waals surface area contributed by atoms with Crippen LogP contribution in [-0.2, 0) is 21.2 Å². The zero-order valence-electron chi connectivity index (χ0n) is 19.3. The van der Waals surface area contributed by atoms with Crippen LogP contribution in [0.4, 0.5) is 0 Å². The summed E-state index contributed by atoms with van der Waals surface area (Å²) in [7, 11) is -3.10. The first-order valence-corrected chi connectivity index (χ1v) is 13.0. The monoisotopic (exact) mass is 451 g/mol. The molecule has 1 atom stereocenters. The summed E-state index contributed by atoms with van der Waals surface area (Å²) in [6, 6.07) is 4.36. The van der Waals surface area contributed by atoms with Crippen molar-refractivity contribution in [3.8, 4) is 5.75 Å². The fourth-order valence-electron chi connectivity index (χ4n) is 4.90. The number of phenols is 1. The summed E-state index contributed by atoms with van der Waals surface area (Å²) < 4.78 is 25.7. The lowest BCUT2D eigenvalue weighted by atomic mass is 9.95. The largest absolute Gasteiger partial charge is 0.507 e. The molecule has 2 heterocycles. The van der Waals surface area contributed by atoms with Crippen LogP contribution >= 0.6 is 0 Å². The van der Waals surface area contributed by atoms with Crippen molar-refractivity contribution in [3.05, 3.63) is 28.8 Å². The summed E-state index contributed by atoms with van der Waals surface area (Å²) in [6.45, 7) is 11.7. The number of carbonyl (C=O) groups is 1. The smallest absolute Gasteiger partial charge is 0.225 e. The topological polar surface area (TPSA) is 81.2 Å². The van der Waals surface area contributed by atoms with Crippen LogP contribution < -0.4 is 0 Å². The number of carbonyl (C=O) groups excluding carboxylic acids is 1. The number of piperidine rings is 1. The second kappa shape index (κ2) is 9.88. The van der Waals surface area contributed by atoms with Crippen molar-refractivity contribution in [2.24, 2.45) is 5.92 Å². The first kappa shape index (κ1) is 24.0. The number of benzene rings is 1. The van der Waals surface area contributed by atoms with Gasteiger partial charge in [0, 0.05) is 51.2 Å². The molecule has 1 N–H and O–H groups in total. The zero-order chi connectivity index (χ0) is 22.8. The molecule has 0 saturated carbocycles. The standard InChI is InChI=1S/C23H37N3O4S/c1-5-31(29,30)26-12-10-24(11-13-26)21-6-8-25(9-7-21)23(28)19(4)16-20-14-17(2)22(27)18(3)15-20/h14-15,19,21,27H,5-13,16H2,1-4H3/t19-/m1/s1. The second-order valence-corrected chi connectivity index (χ2v) is 11.3. The number of aryl methyl sites for hydroxylation is 2. The van der Waals surface area contributed by atoms with Crippen molar-refractivity contribution in [3.63, 3.8) is 0 Å². The molecule has 1 aromatic carbocycles. The van der Waals surface area contributed by atoms with Crippen LogP contribution in [0, 0.1) is 19.8 Å². The number of piperazine rings is 1. The Balaban J connectivity index is 1.49. The number of nitrogens with zero attached hydrogens (tertiary/aromatic N) is 3. The van der Waals surface area contributed by atoms with Crippen LogP contribution in [-0.4, -0.2) is 84.6 Å². The van der Waals surface area contributed by atoms with Gasteiger partial charge in [0.1, 0.15) is 5.75 Å². The molecule has 0 radical (unpaired) electrons. The molecule has 1 amide bonds. The van der Waals surface area contributed by atoms with Gasteiger partial charge in [0.2, 0.25) is 15.9 Å². The van der Waals surface area contributed by atoms with Gasteiger partial charge in [0.05, 0.1) is 5.75 Å². The molecule has 174 valence electrons. The molecule has 2 saturated heterocycles. The molecule has 1 aromatic rings. The molecule has 0 aliphatic carbocycles. The Labute approximate surface area is 187 Å². The lowest BCUT2D eigenvalue weighted by molar-refractivity contribution is -0.136. The number of sulfonamides is 1. The summed E-state index contributed by atoms with van der Waals surface area (Å²) >= 11 is 0. The Hall–Kier alpha value is -1.64. The molecule has 7 nitrogen and oxygen atoms in total. The van der Waals surface area contributed by atoms with Crippen LogP contribution in [0.3, 0.4) is 0 Å². The quantitative estimate of drug-likeness (QED) is 0.717. The summed E-state index contributed by atoms with van der Waals surface area (Å²) in [6.07, 6.45) is 2.56. The minimum atomic E-state index is -3.10. The van der Waals surface area contributed by atoms with E-state index in [2.05, 4.69) is 4.90 Å². The van der Waals surface area contributed by atoms with Crippen LogP contribution in [0.15, 0.2) is 12.1 Å². The highest BCUT2D eigenvalue weighted by Crippen LogP contribution is 2.26.